The summed E-state index contributed by atoms with van der Waals surface area (Å²) in [5, 5.41) is 6.24. The molecule has 2 aromatic rings. The number of nitrogens with one attached hydrogen (secondary N) is 1. The fourth-order valence-electron chi connectivity index (χ4n) is 2.23. The lowest BCUT2D eigenvalue weighted by atomic mass is 10.2. The van der Waals surface area contributed by atoms with E-state index in [0.29, 0.717) is 0 Å². The largest absolute Gasteiger partial charge is 0.573 e. The fraction of sp³-hybridized carbons (Fsp3) is 0.312. The predicted octanol–water partition coefficient (Wildman–Crippen LogP) is 2.04. The molecule has 8 nitrogen and oxygen atoms in total. The van der Waals surface area contributed by atoms with E-state index in [-0.39, 0.29) is 17.1 Å². The van der Waals surface area contributed by atoms with Crippen LogP contribution in [0.5, 0.6) is 11.6 Å². The highest BCUT2D eigenvalue weighted by molar-refractivity contribution is 6.00. The molecule has 0 fully saturated rings. The number of likely N-dealkylation sites (N-methyl/N-ethyl adjacent to an activating group) is 1. The van der Waals surface area contributed by atoms with Crippen LogP contribution in [0.3, 0.4) is 0 Å². The molecule has 0 saturated heterocycles. The number of ether oxygens (including phenoxy) is 2. The van der Waals surface area contributed by atoms with Gasteiger partial charge in [0.15, 0.2) is 5.75 Å². The number of halogens is 3. The van der Waals surface area contributed by atoms with Crippen molar-refractivity contribution in [3.05, 3.63) is 36.0 Å². The molecule has 0 atom stereocenters. The summed E-state index contributed by atoms with van der Waals surface area (Å²) in [4.78, 5) is 25.6. The van der Waals surface area contributed by atoms with Gasteiger partial charge in [0.25, 0.3) is 5.91 Å². The third-order valence-electron chi connectivity index (χ3n) is 3.33. The van der Waals surface area contributed by atoms with Crippen LogP contribution in [0.4, 0.5) is 18.9 Å². The first-order valence-electron chi connectivity index (χ1n) is 7.58. The number of carbonyl (C=O) groups excluding carboxylic acids is 2. The third-order valence-corrected chi connectivity index (χ3v) is 3.33. The number of amides is 2. The SMILES string of the molecule is COc1nn(C)cc1C(=O)N(C)CC(=O)Nc1ccccc1OC(F)(F)F. The molecule has 0 saturated carbocycles. The monoisotopic (exact) mass is 386 g/mol. The van der Waals surface area contributed by atoms with Gasteiger partial charge in [-0.1, -0.05) is 12.1 Å². The van der Waals surface area contributed by atoms with Gasteiger partial charge >= 0.3 is 6.36 Å². The van der Waals surface area contributed by atoms with Crippen molar-refractivity contribution in [2.75, 3.05) is 26.0 Å². The zero-order valence-corrected chi connectivity index (χ0v) is 14.7. The van der Waals surface area contributed by atoms with E-state index in [9.17, 15) is 22.8 Å². The van der Waals surface area contributed by atoms with Gasteiger partial charge in [0.2, 0.25) is 11.8 Å². The molecule has 0 aliphatic carbocycles. The van der Waals surface area contributed by atoms with Crippen molar-refractivity contribution in [1.29, 1.82) is 0 Å². The van der Waals surface area contributed by atoms with Crippen LogP contribution < -0.4 is 14.8 Å². The molecule has 27 heavy (non-hydrogen) atoms. The summed E-state index contributed by atoms with van der Waals surface area (Å²) < 4.78 is 47.5. The average molecular weight is 386 g/mol. The predicted molar refractivity (Wildman–Crippen MR) is 88.5 cm³/mol. The van der Waals surface area contributed by atoms with Crippen LogP contribution in [0.25, 0.3) is 0 Å². The lowest BCUT2D eigenvalue weighted by Gasteiger charge is -2.18. The first-order valence-corrected chi connectivity index (χ1v) is 7.58. The summed E-state index contributed by atoms with van der Waals surface area (Å²) in [5.74, 6) is -1.69. The highest BCUT2D eigenvalue weighted by Gasteiger charge is 2.32. The number of anilines is 1. The molecular formula is C16H17F3N4O4. The fourth-order valence-corrected chi connectivity index (χ4v) is 2.23. The van der Waals surface area contributed by atoms with Gasteiger partial charge < -0.3 is 19.7 Å². The molecule has 0 unspecified atom stereocenters. The Balaban J connectivity index is 2.06. The van der Waals surface area contributed by atoms with Crippen LogP contribution in [0.15, 0.2) is 30.5 Å². The smallest absolute Gasteiger partial charge is 0.479 e. The molecule has 0 radical (unpaired) electrons. The van der Waals surface area contributed by atoms with Gasteiger partial charge in [0, 0.05) is 20.3 Å². The van der Waals surface area contributed by atoms with Crippen molar-refractivity contribution >= 4 is 17.5 Å². The maximum Gasteiger partial charge on any atom is 0.573 e. The number of carbonyl (C=O) groups is 2. The average Bonchev–Trinajstić information content (AvgIpc) is 2.95. The number of methoxy groups -OCH3 is 1. The Bertz CT molecular complexity index is 835. The van der Waals surface area contributed by atoms with Gasteiger partial charge in [-0.2, -0.15) is 0 Å². The minimum atomic E-state index is -4.90. The molecule has 11 heteroatoms. The zero-order chi connectivity index (χ0) is 20.2. The van der Waals surface area contributed by atoms with Crippen molar-refractivity contribution in [1.82, 2.24) is 14.7 Å². The molecule has 0 bridgehead atoms. The molecule has 1 aromatic carbocycles. The Hall–Kier alpha value is -3.24. The van der Waals surface area contributed by atoms with Crippen LogP contribution in [-0.4, -0.2) is 53.6 Å². The highest BCUT2D eigenvalue weighted by Crippen LogP contribution is 2.29. The topological polar surface area (TPSA) is 85.7 Å². The number of rotatable bonds is 6. The Morgan fingerprint density at radius 2 is 1.96 bits per heavy atom. The normalized spacial score (nSPS) is 11.0. The summed E-state index contributed by atoms with van der Waals surface area (Å²) in [6.07, 6.45) is -3.47. The van der Waals surface area contributed by atoms with Gasteiger partial charge in [-0.05, 0) is 12.1 Å². The summed E-state index contributed by atoms with van der Waals surface area (Å²) in [7, 11) is 4.32. The molecule has 0 aliphatic rings. The number of aryl methyl sites for hydroxylation is 1. The van der Waals surface area contributed by atoms with Crippen LogP contribution in [0, 0.1) is 0 Å². The van der Waals surface area contributed by atoms with Gasteiger partial charge in [-0.15, -0.1) is 18.3 Å². The molecule has 1 heterocycles. The Kier molecular flexibility index (Phi) is 5.93. The lowest BCUT2D eigenvalue weighted by molar-refractivity contribution is -0.274. The zero-order valence-electron chi connectivity index (χ0n) is 14.7. The minimum absolute atomic E-state index is 0.0960. The van der Waals surface area contributed by atoms with E-state index in [4.69, 9.17) is 4.74 Å². The molecule has 1 N–H and O–H groups in total. The second-order valence-electron chi connectivity index (χ2n) is 5.48. The van der Waals surface area contributed by atoms with E-state index in [1.165, 1.54) is 43.2 Å². The molecule has 0 spiro atoms. The van der Waals surface area contributed by atoms with Gasteiger partial charge in [-0.25, -0.2) is 0 Å². The molecule has 1 aromatic heterocycles. The number of benzene rings is 1. The number of alkyl halides is 3. The van der Waals surface area contributed by atoms with E-state index in [0.717, 1.165) is 11.0 Å². The first-order chi connectivity index (χ1) is 12.6. The van der Waals surface area contributed by atoms with Crippen molar-refractivity contribution in [3.63, 3.8) is 0 Å². The van der Waals surface area contributed by atoms with Gasteiger partial charge in [0.05, 0.1) is 19.3 Å². The van der Waals surface area contributed by atoms with E-state index in [1.807, 2.05) is 0 Å². The van der Waals surface area contributed by atoms with Gasteiger partial charge in [-0.3, -0.25) is 14.3 Å². The highest BCUT2D eigenvalue weighted by atomic mass is 19.4. The number of para-hydroxylation sites is 2. The summed E-state index contributed by atoms with van der Waals surface area (Å²) in [5.41, 5.74) is -0.0178. The summed E-state index contributed by atoms with van der Waals surface area (Å²) in [6.45, 7) is -0.406. The van der Waals surface area contributed by atoms with Gasteiger partial charge in [0.1, 0.15) is 5.56 Å². The van der Waals surface area contributed by atoms with E-state index in [1.54, 1.807) is 7.05 Å². The number of hydrogen-bond donors (Lipinski definition) is 1. The van der Waals surface area contributed by atoms with Crippen molar-refractivity contribution in [2.24, 2.45) is 7.05 Å². The van der Waals surface area contributed by atoms with Crippen molar-refractivity contribution in [2.45, 2.75) is 6.36 Å². The molecular weight excluding hydrogens is 369 g/mol. The quantitative estimate of drug-likeness (QED) is 0.821. The summed E-state index contributed by atoms with van der Waals surface area (Å²) >= 11 is 0. The van der Waals surface area contributed by atoms with E-state index in [2.05, 4.69) is 15.2 Å². The summed E-state index contributed by atoms with van der Waals surface area (Å²) in [6, 6.07) is 5.10. The van der Waals surface area contributed by atoms with E-state index < -0.39 is 30.5 Å². The number of hydrogen-bond acceptors (Lipinski definition) is 5. The standard InChI is InChI=1S/C16H17F3N4O4/c1-22(15(25)10-8-23(2)21-14(10)26-3)9-13(24)20-11-6-4-5-7-12(11)27-16(17,18)19/h4-8H,9H2,1-3H3,(H,20,24). The van der Waals surface area contributed by atoms with E-state index >= 15 is 0 Å². The Morgan fingerprint density at radius 1 is 1.30 bits per heavy atom. The van der Waals surface area contributed by atoms with Crippen LogP contribution in [0.2, 0.25) is 0 Å². The molecule has 146 valence electrons. The lowest BCUT2D eigenvalue weighted by Crippen LogP contribution is -2.35. The Morgan fingerprint density at radius 3 is 2.59 bits per heavy atom. The minimum Gasteiger partial charge on any atom is -0.479 e. The third kappa shape index (κ3) is 5.36. The second kappa shape index (κ2) is 7.98. The maximum atomic E-state index is 12.4. The molecule has 0 aliphatic heterocycles. The first kappa shape index (κ1) is 20.1. The maximum absolute atomic E-state index is 12.4. The Labute approximate surface area is 152 Å². The van der Waals surface area contributed by atoms with Crippen LogP contribution in [0.1, 0.15) is 10.4 Å². The van der Waals surface area contributed by atoms with Crippen LogP contribution >= 0.6 is 0 Å². The second-order valence-corrected chi connectivity index (χ2v) is 5.48. The van der Waals surface area contributed by atoms with Crippen LogP contribution in [-0.2, 0) is 11.8 Å². The molecule has 2 rings (SSSR count). The number of nitrogens with zero attached hydrogens (tertiary/aromatic N) is 3. The van der Waals surface area contributed by atoms with Crippen molar-refractivity contribution < 1.29 is 32.2 Å². The van der Waals surface area contributed by atoms with Crippen molar-refractivity contribution in [3.8, 4) is 11.6 Å². The molecule has 2 amide bonds. The number of aromatic nitrogens is 2.